The van der Waals surface area contributed by atoms with E-state index in [-0.39, 0.29) is 23.9 Å². The third-order valence-electron chi connectivity index (χ3n) is 6.16. The van der Waals surface area contributed by atoms with E-state index in [0.717, 1.165) is 19.3 Å². The summed E-state index contributed by atoms with van der Waals surface area (Å²) in [6.45, 7) is 3.69. The molecule has 1 aromatic carbocycles. The van der Waals surface area contributed by atoms with Crippen LogP contribution >= 0.6 is 0 Å². The maximum atomic E-state index is 11.5. The molecule has 0 unspecified atom stereocenters. The average molecular weight is 433 g/mol. The highest BCUT2D eigenvalue weighted by atomic mass is 16.5. The van der Waals surface area contributed by atoms with Gasteiger partial charge in [-0.05, 0) is 82.6 Å². The first kappa shape index (κ1) is 25.6. The average Bonchev–Trinajstić information content (AvgIpc) is 3.00. The van der Waals surface area contributed by atoms with E-state index in [9.17, 15) is 20.1 Å². The molecule has 2 rings (SSSR count). The van der Waals surface area contributed by atoms with Crippen LogP contribution in [0.4, 0.5) is 0 Å². The van der Waals surface area contributed by atoms with Crippen molar-refractivity contribution in [1.29, 1.82) is 0 Å². The lowest BCUT2D eigenvalue weighted by molar-refractivity contribution is -0.147. The largest absolute Gasteiger partial charge is 0.463 e. The standard InChI is InChI=1S/C26H40O5/c1-19(2)31-26(30)13-9-4-3-8-12-22-23(25(29)18-24(22)28)17-16-21(27)15-14-20-10-6-5-7-11-20/h3,5-8,10-11,19,21-25,27-29H,4,9,12-18H2,1-2H3/b8-3-/t21-,22-,23+,24+,25+/m0/s1. The molecule has 31 heavy (non-hydrogen) atoms. The minimum atomic E-state index is -0.513. The lowest BCUT2D eigenvalue weighted by Gasteiger charge is -2.23. The number of aliphatic hydroxyl groups is 3. The first-order valence-electron chi connectivity index (χ1n) is 11.8. The van der Waals surface area contributed by atoms with Crippen LogP contribution in [0.5, 0.6) is 0 Å². The van der Waals surface area contributed by atoms with E-state index >= 15 is 0 Å². The summed E-state index contributed by atoms with van der Waals surface area (Å²) in [5, 5.41) is 31.2. The number of aliphatic hydroxyl groups excluding tert-OH is 3. The Morgan fingerprint density at radius 2 is 1.81 bits per heavy atom. The zero-order chi connectivity index (χ0) is 22.6. The summed E-state index contributed by atoms with van der Waals surface area (Å²) in [5.41, 5.74) is 1.22. The van der Waals surface area contributed by atoms with Crippen molar-refractivity contribution in [3.8, 4) is 0 Å². The van der Waals surface area contributed by atoms with Gasteiger partial charge in [-0.25, -0.2) is 0 Å². The highest BCUT2D eigenvalue weighted by Crippen LogP contribution is 2.38. The summed E-state index contributed by atoms with van der Waals surface area (Å²) >= 11 is 0. The van der Waals surface area contributed by atoms with Crippen molar-refractivity contribution in [1.82, 2.24) is 0 Å². The van der Waals surface area contributed by atoms with Crippen molar-refractivity contribution in [2.75, 3.05) is 0 Å². The summed E-state index contributed by atoms with van der Waals surface area (Å²) in [4.78, 5) is 11.5. The van der Waals surface area contributed by atoms with Crippen LogP contribution in [0.15, 0.2) is 42.5 Å². The Labute approximate surface area is 187 Å². The third kappa shape index (κ3) is 9.55. The van der Waals surface area contributed by atoms with Gasteiger partial charge in [0.2, 0.25) is 0 Å². The molecule has 0 saturated heterocycles. The van der Waals surface area contributed by atoms with E-state index in [4.69, 9.17) is 4.74 Å². The molecule has 0 heterocycles. The summed E-state index contributed by atoms with van der Waals surface area (Å²) in [6, 6.07) is 10.1. The summed E-state index contributed by atoms with van der Waals surface area (Å²) in [6.07, 6.45) is 8.58. The fraction of sp³-hybridized carbons (Fsp3) is 0.654. The Bertz CT molecular complexity index is 657. The second-order valence-electron chi connectivity index (χ2n) is 9.09. The normalized spacial score (nSPS) is 24.7. The molecule has 1 saturated carbocycles. The number of ether oxygens (including phenoxy) is 1. The summed E-state index contributed by atoms with van der Waals surface area (Å²) in [5.74, 6) is -0.144. The summed E-state index contributed by atoms with van der Waals surface area (Å²) in [7, 11) is 0. The van der Waals surface area contributed by atoms with Crippen LogP contribution < -0.4 is 0 Å². The maximum Gasteiger partial charge on any atom is 0.306 e. The molecular weight excluding hydrogens is 392 g/mol. The minimum Gasteiger partial charge on any atom is -0.463 e. The number of carbonyl (C=O) groups is 1. The number of hydrogen-bond acceptors (Lipinski definition) is 5. The lowest BCUT2D eigenvalue weighted by atomic mass is 9.85. The smallest absolute Gasteiger partial charge is 0.306 e. The van der Waals surface area contributed by atoms with E-state index in [2.05, 4.69) is 18.2 Å². The Kier molecular flexibility index (Phi) is 11.3. The molecule has 0 spiro atoms. The van der Waals surface area contributed by atoms with Gasteiger partial charge < -0.3 is 20.1 Å². The van der Waals surface area contributed by atoms with Gasteiger partial charge in [0.1, 0.15) is 0 Å². The van der Waals surface area contributed by atoms with E-state index in [0.29, 0.717) is 38.5 Å². The Morgan fingerprint density at radius 1 is 1.10 bits per heavy atom. The van der Waals surface area contributed by atoms with Crippen LogP contribution in [0.2, 0.25) is 0 Å². The number of esters is 1. The van der Waals surface area contributed by atoms with Crippen LogP contribution in [-0.2, 0) is 16.0 Å². The van der Waals surface area contributed by atoms with Gasteiger partial charge in [-0.3, -0.25) is 4.79 Å². The van der Waals surface area contributed by atoms with Crippen LogP contribution in [0, 0.1) is 11.8 Å². The SMILES string of the molecule is CC(C)OC(=O)CCC/C=C\C[C@H]1[C@@H](CC[C@@H](O)CCc2ccccc2)[C@H](O)C[C@H]1O. The van der Waals surface area contributed by atoms with Crippen molar-refractivity contribution in [2.24, 2.45) is 11.8 Å². The number of unbranched alkanes of at least 4 members (excludes halogenated alkanes) is 1. The van der Waals surface area contributed by atoms with Crippen LogP contribution in [-0.4, -0.2) is 45.7 Å². The van der Waals surface area contributed by atoms with Gasteiger partial charge in [0.15, 0.2) is 0 Å². The van der Waals surface area contributed by atoms with E-state index in [1.807, 2.05) is 38.1 Å². The Morgan fingerprint density at radius 3 is 2.52 bits per heavy atom. The fourth-order valence-electron chi connectivity index (χ4n) is 4.47. The summed E-state index contributed by atoms with van der Waals surface area (Å²) < 4.78 is 5.12. The molecule has 0 radical (unpaired) electrons. The zero-order valence-electron chi connectivity index (χ0n) is 19.0. The molecule has 5 heteroatoms. The number of rotatable bonds is 13. The lowest BCUT2D eigenvalue weighted by Crippen LogP contribution is -2.23. The predicted molar refractivity (Wildman–Crippen MR) is 122 cm³/mol. The van der Waals surface area contributed by atoms with Crippen molar-refractivity contribution in [3.05, 3.63) is 48.0 Å². The van der Waals surface area contributed by atoms with Crippen molar-refractivity contribution >= 4 is 5.97 Å². The molecule has 5 nitrogen and oxygen atoms in total. The monoisotopic (exact) mass is 432 g/mol. The molecule has 0 aromatic heterocycles. The predicted octanol–water partition coefficient (Wildman–Crippen LogP) is 4.19. The second kappa shape index (κ2) is 13.7. The molecule has 1 aliphatic rings. The van der Waals surface area contributed by atoms with Gasteiger partial charge in [-0.15, -0.1) is 0 Å². The molecular formula is C26H40O5. The van der Waals surface area contributed by atoms with E-state index < -0.39 is 18.3 Å². The number of aryl methyl sites for hydroxylation is 1. The number of hydrogen-bond donors (Lipinski definition) is 3. The highest BCUT2D eigenvalue weighted by Gasteiger charge is 2.40. The van der Waals surface area contributed by atoms with Gasteiger partial charge in [0, 0.05) is 6.42 Å². The van der Waals surface area contributed by atoms with Gasteiger partial charge in [-0.1, -0.05) is 42.5 Å². The van der Waals surface area contributed by atoms with Gasteiger partial charge in [-0.2, -0.15) is 0 Å². The molecule has 5 atom stereocenters. The topological polar surface area (TPSA) is 87.0 Å². The first-order valence-corrected chi connectivity index (χ1v) is 11.8. The quantitative estimate of drug-likeness (QED) is 0.247. The third-order valence-corrected chi connectivity index (χ3v) is 6.16. The minimum absolute atomic E-state index is 0.00652. The van der Waals surface area contributed by atoms with E-state index in [1.54, 1.807) is 0 Å². The van der Waals surface area contributed by atoms with Crippen LogP contribution in [0.25, 0.3) is 0 Å². The number of benzene rings is 1. The number of allylic oxidation sites excluding steroid dienone is 2. The van der Waals surface area contributed by atoms with Gasteiger partial charge >= 0.3 is 5.97 Å². The second-order valence-corrected chi connectivity index (χ2v) is 9.09. The van der Waals surface area contributed by atoms with Crippen molar-refractivity contribution < 1.29 is 24.9 Å². The fourth-order valence-corrected chi connectivity index (χ4v) is 4.47. The highest BCUT2D eigenvalue weighted by molar-refractivity contribution is 5.69. The maximum absolute atomic E-state index is 11.5. The van der Waals surface area contributed by atoms with Crippen molar-refractivity contribution in [3.63, 3.8) is 0 Å². The van der Waals surface area contributed by atoms with Crippen molar-refractivity contribution in [2.45, 2.75) is 96.1 Å². The van der Waals surface area contributed by atoms with E-state index in [1.165, 1.54) is 5.56 Å². The Hall–Kier alpha value is -1.69. The van der Waals surface area contributed by atoms with Gasteiger partial charge in [0.25, 0.3) is 0 Å². The van der Waals surface area contributed by atoms with Gasteiger partial charge in [0.05, 0.1) is 24.4 Å². The molecule has 0 aliphatic heterocycles. The van der Waals surface area contributed by atoms with Crippen LogP contribution in [0.3, 0.4) is 0 Å². The molecule has 174 valence electrons. The molecule has 3 N–H and O–H groups in total. The zero-order valence-corrected chi connectivity index (χ0v) is 19.0. The number of carbonyl (C=O) groups excluding carboxylic acids is 1. The Balaban J connectivity index is 1.70. The molecule has 1 aliphatic carbocycles. The molecule has 1 aromatic rings. The first-order chi connectivity index (χ1) is 14.9. The molecule has 0 bridgehead atoms. The molecule has 1 fully saturated rings. The van der Waals surface area contributed by atoms with Crippen LogP contribution in [0.1, 0.15) is 70.8 Å². The molecule has 0 amide bonds.